The molecule has 0 rings (SSSR count). The van der Waals surface area contributed by atoms with Crippen LogP contribution in [0.3, 0.4) is 0 Å². The lowest BCUT2D eigenvalue weighted by molar-refractivity contribution is -0.149. The molecular formula is C7H8O5. The van der Waals surface area contributed by atoms with E-state index in [4.69, 9.17) is 5.11 Å². The Hall–Kier alpha value is -1.65. The number of hydrogen-bond acceptors (Lipinski definition) is 4. The Balaban J connectivity index is 4.71. The van der Waals surface area contributed by atoms with E-state index < -0.39 is 23.3 Å². The molecule has 0 unspecified atom stereocenters. The third kappa shape index (κ3) is 2.19. The van der Waals surface area contributed by atoms with Crippen LogP contribution in [0.4, 0.5) is 0 Å². The standard InChI is InChI=1S/C7H8O5/c1-3-4(7(11)12-2)5(8)6(9)10/h3H,1-2H3,(H,9,10). The summed E-state index contributed by atoms with van der Waals surface area (Å²) in [6.07, 6.45) is 1.10. The van der Waals surface area contributed by atoms with Crippen molar-refractivity contribution < 1.29 is 24.2 Å². The first-order valence-electron chi connectivity index (χ1n) is 3.06. The van der Waals surface area contributed by atoms with Crippen LogP contribution < -0.4 is 0 Å². The van der Waals surface area contributed by atoms with E-state index in [0.717, 1.165) is 13.2 Å². The van der Waals surface area contributed by atoms with Crippen molar-refractivity contribution in [1.29, 1.82) is 0 Å². The van der Waals surface area contributed by atoms with Gasteiger partial charge in [-0.25, -0.2) is 9.59 Å². The van der Waals surface area contributed by atoms with Crippen molar-refractivity contribution in [3.05, 3.63) is 11.6 Å². The Morgan fingerprint density at radius 3 is 2.08 bits per heavy atom. The summed E-state index contributed by atoms with van der Waals surface area (Å²) in [7, 11) is 1.07. The SMILES string of the molecule is CC=C(C(=O)OC)C(=O)C(=O)O. The average molecular weight is 172 g/mol. The minimum Gasteiger partial charge on any atom is -0.475 e. The fourth-order valence-electron chi connectivity index (χ4n) is 0.567. The summed E-state index contributed by atoms with van der Waals surface area (Å²) in [4.78, 5) is 31.5. The highest BCUT2D eigenvalue weighted by molar-refractivity contribution is 6.45. The van der Waals surface area contributed by atoms with Crippen LogP contribution in [0.2, 0.25) is 0 Å². The molecule has 0 aromatic rings. The number of carboxylic acids is 1. The third-order valence-electron chi connectivity index (χ3n) is 1.13. The maximum atomic E-state index is 10.7. The van der Waals surface area contributed by atoms with E-state index >= 15 is 0 Å². The van der Waals surface area contributed by atoms with E-state index in [9.17, 15) is 14.4 Å². The van der Waals surface area contributed by atoms with E-state index in [1.54, 1.807) is 0 Å². The van der Waals surface area contributed by atoms with Gasteiger partial charge < -0.3 is 9.84 Å². The fraction of sp³-hybridized carbons (Fsp3) is 0.286. The first kappa shape index (κ1) is 10.3. The lowest BCUT2D eigenvalue weighted by atomic mass is 10.1. The Kier molecular flexibility index (Phi) is 3.69. The second kappa shape index (κ2) is 4.27. The molecule has 0 fully saturated rings. The summed E-state index contributed by atoms with van der Waals surface area (Å²) >= 11 is 0. The summed E-state index contributed by atoms with van der Waals surface area (Å²) in [5.41, 5.74) is -0.468. The molecule has 0 aliphatic rings. The monoisotopic (exact) mass is 172 g/mol. The lowest BCUT2D eigenvalue weighted by Gasteiger charge is -1.98. The molecule has 0 heterocycles. The molecule has 0 aromatic carbocycles. The number of ether oxygens (including phenoxy) is 1. The number of carboxylic acid groups (broad SMARTS) is 1. The van der Waals surface area contributed by atoms with Crippen molar-refractivity contribution in [2.75, 3.05) is 7.11 Å². The zero-order chi connectivity index (χ0) is 9.72. The minimum atomic E-state index is -1.67. The van der Waals surface area contributed by atoms with Gasteiger partial charge in [-0.2, -0.15) is 0 Å². The van der Waals surface area contributed by atoms with E-state index in [1.807, 2.05) is 0 Å². The van der Waals surface area contributed by atoms with Gasteiger partial charge in [0, 0.05) is 0 Å². The summed E-state index contributed by atoms with van der Waals surface area (Å²) in [6.45, 7) is 1.38. The van der Waals surface area contributed by atoms with Crippen molar-refractivity contribution in [2.45, 2.75) is 6.92 Å². The summed E-state index contributed by atoms with van der Waals surface area (Å²) < 4.78 is 4.18. The number of allylic oxidation sites excluding steroid dienone is 1. The van der Waals surface area contributed by atoms with Crippen LogP contribution in [-0.2, 0) is 19.1 Å². The molecule has 0 amide bonds. The van der Waals surface area contributed by atoms with E-state index in [-0.39, 0.29) is 0 Å². The number of Topliss-reactive ketones (excluding diaryl/α,β-unsaturated/α-hetero) is 1. The second-order valence-electron chi connectivity index (χ2n) is 1.83. The van der Waals surface area contributed by atoms with Gasteiger partial charge in [-0.15, -0.1) is 0 Å². The first-order valence-corrected chi connectivity index (χ1v) is 3.06. The highest BCUT2D eigenvalue weighted by Gasteiger charge is 2.23. The molecule has 0 aromatic heterocycles. The van der Waals surface area contributed by atoms with Gasteiger partial charge in [-0.05, 0) is 6.92 Å². The molecule has 0 aliphatic carbocycles. The van der Waals surface area contributed by atoms with Gasteiger partial charge in [0.05, 0.1) is 7.11 Å². The molecule has 0 bridgehead atoms. The van der Waals surface area contributed by atoms with Gasteiger partial charge in [0.15, 0.2) is 0 Å². The molecular weight excluding hydrogens is 164 g/mol. The molecule has 1 N–H and O–H groups in total. The zero-order valence-electron chi connectivity index (χ0n) is 6.66. The van der Waals surface area contributed by atoms with Crippen molar-refractivity contribution in [3.63, 3.8) is 0 Å². The maximum Gasteiger partial charge on any atom is 0.377 e. The molecule has 0 spiro atoms. The topological polar surface area (TPSA) is 80.7 Å². The number of carbonyl (C=O) groups is 3. The number of hydrogen-bond donors (Lipinski definition) is 1. The molecule has 5 heteroatoms. The van der Waals surface area contributed by atoms with Crippen LogP contribution in [-0.4, -0.2) is 29.9 Å². The largest absolute Gasteiger partial charge is 0.475 e. The van der Waals surface area contributed by atoms with Crippen LogP contribution >= 0.6 is 0 Å². The number of methoxy groups -OCH3 is 1. The zero-order valence-corrected chi connectivity index (χ0v) is 6.66. The van der Waals surface area contributed by atoms with Crippen molar-refractivity contribution in [2.24, 2.45) is 0 Å². The summed E-state index contributed by atoms with van der Waals surface area (Å²) in [6, 6.07) is 0. The van der Waals surface area contributed by atoms with Gasteiger partial charge in [0.25, 0.3) is 5.78 Å². The second-order valence-corrected chi connectivity index (χ2v) is 1.83. The molecule has 0 aliphatic heterocycles. The van der Waals surface area contributed by atoms with Crippen LogP contribution in [0.5, 0.6) is 0 Å². The predicted molar refractivity (Wildman–Crippen MR) is 38.4 cm³/mol. The smallest absolute Gasteiger partial charge is 0.377 e. The Morgan fingerprint density at radius 2 is 1.83 bits per heavy atom. The minimum absolute atomic E-state index is 0.468. The van der Waals surface area contributed by atoms with Gasteiger partial charge in [0.2, 0.25) is 0 Å². The Labute approximate surface area is 68.6 Å². The number of esters is 1. The summed E-state index contributed by atoms with van der Waals surface area (Å²) in [5.74, 6) is -3.87. The molecule has 0 saturated heterocycles. The van der Waals surface area contributed by atoms with Crippen LogP contribution in [0.25, 0.3) is 0 Å². The summed E-state index contributed by atoms with van der Waals surface area (Å²) in [5, 5.41) is 8.23. The van der Waals surface area contributed by atoms with E-state index in [2.05, 4.69) is 4.74 Å². The Bertz CT molecular complexity index is 251. The molecule has 0 saturated carbocycles. The molecule has 12 heavy (non-hydrogen) atoms. The Morgan fingerprint density at radius 1 is 1.33 bits per heavy atom. The van der Waals surface area contributed by atoms with Crippen LogP contribution in [0, 0.1) is 0 Å². The van der Waals surface area contributed by atoms with E-state index in [0.29, 0.717) is 0 Å². The van der Waals surface area contributed by atoms with Crippen molar-refractivity contribution in [3.8, 4) is 0 Å². The number of aliphatic carboxylic acids is 1. The highest BCUT2D eigenvalue weighted by atomic mass is 16.5. The highest BCUT2D eigenvalue weighted by Crippen LogP contribution is 1.99. The fourth-order valence-corrected chi connectivity index (χ4v) is 0.567. The van der Waals surface area contributed by atoms with Gasteiger partial charge in [-0.3, -0.25) is 4.79 Å². The van der Waals surface area contributed by atoms with Crippen molar-refractivity contribution >= 4 is 17.7 Å². The average Bonchev–Trinajstić information content (AvgIpc) is 2.05. The molecule has 5 nitrogen and oxygen atoms in total. The number of rotatable bonds is 3. The molecule has 66 valence electrons. The predicted octanol–water partition coefficient (Wildman–Crippen LogP) is -0.241. The van der Waals surface area contributed by atoms with Gasteiger partial charge in [0.1, 0.15) is 5.57 Å². The molecule has 0 radical (unpaired) electrons. The third-order valence-corrected chi connectivity index (χ3v) is 1.13. The first-order chi connectivity index (χ1) is 5.54. The number of carbonyl (C=O) groups excluding carboxylic acids is 2. The van der Waals surface area contributed by atoms with Gasteiger partial charge >= 0.3 is 11.9 Å². The van der Waals surface area contributed by atoms with Crippen LogP contribution in [0.15, 0.2) is 11.6 Å². The maximum absolute atomic E-state index is 10.7. The van der Waals surface area contributed by atoms with Gasteiger partial charge in [-0.1, -0.05) is 6.08 Å². The number of ketones is 1. The normalized spacial score (nSPS) is 10.7. The van der Waals surface area contributed by atoms with Crippen LogP contribution in [0.1, 0.15) is 6.92 Å². The quantitative estimate of drug-likeness (QED) is 0.209. The van der Waals surface area contributed by atoms with E-state index in [1.165, 1.54) is 6.92 Å². The van der Waals surface area contributed by atoms with Crippen molar-refractivity contribution in [1.82, 2.24) is 0 Å². The lowest BCUT2D eigenvalue weighted by Crippen LogP contribution is -2.21. The molecule has 0 atom stereocenters.